The van der Waals surface area contributed by atoms with Crippen molar-refractivity contribution >= 4 is 34.7 Å². The third kappa shape index (κ3) is 5.07. The molecule has 0 amide bonds. The predicted molar refractivity (Wildman–Crippen MR) is 120 cm³/mol. The van der Waals surface area contributed by atoms with E-state index in [0.717, 1.165) is 22.0 Å². The molecule has 1 unspecified atom stereocenters. The predicted octanol–water partition coefficient (Wildman–Crippen LogP) is 5.14. The van der Waals surface area contributed by atoms with Crippen molar-refractivity contribution in [2.45, 2.75) is 24.7 Å². The first-order valence-corrected chi connectivity index (χ1v) is 11.5. The average Bonchev–Trinajstić information content (AvgIpc) is 3.49. The van der Waals surface area contributed by atoms with Crippen LogP contribution in [0.25, 0.3) is 10.7 Å². The summed E-state index contributed by atoms with van der Waals surface area (Å²) in [5, 5.41) is 22.3. The molecule has 1 atom stereocenters. The summed E-state index contributed by atoms with van der Waals surface area (Å²) < 4.78 is 13.2. The fourth-order valence-corrected chi connectivity index (χ4v) is 4.54. The molecule has 30 heavy (non-hydrogen) atoms. The van der Waals surface area contributed by atoms with Gasteiger partial charge in [0.1, 0.15) is 18.1 Å². The number of ether oxygens (including phenoxy) is 1. The summed E-state index contributed by atoms with van der Waals surface area (Å²) in [6.45, 7) is 2.62. The first kappa shape index (κ1) is 21.0. The van der Waals surface area contributed by atoms with Crippen molar-refractivity contribution in [2.75, 3.05) is 12.4 Å². The van der Waals surface area contributed by atoms with Crippen molar-refractivity contribution < 1.29 is 14.3 Å². The molecule has 3 heterocycles. The van der Waals surface area contributed by atoms with Gasteiger partial charge in [-0.3, -0.25) is 4.57 Å². The van der Waals surface area contributed by atoms with Gasteiger partial charge in [-0.2, -0.15) is 0 Å². The Morgan fingerprint density at radius 3 is 2.93 bits per heavy atom. The van der Waals surface area contributed by atoms with Crippen LogP contribution in [-0.4, -0.2) is 38.3 Å². The van der Waals surface area contributed by atoms with E-state index >= 15 is 0 Å². The molecule has 0 saturated heterocycles. The van der Waals surface area contributed by atoms with Crippen molar-refractivity contribution in [1.82, 2.24) is 14.8 Å². The number of benzene rings is 1. The normalized spacial score (nSPS) is 12.2. The van der Waals surface area contributed by atoms with Gasteiger partial charge in [0.05, 0.1) is 28.8 Å². The van der Waals surface area contributed by atoms with E-state index in [4.69, 9.17) is 20.8 Å². The number of aliphatic hydroxyl groups is 1. The summed E-state index contributed by atoms with van der Waals surface area (Å²) >= 11 is 9.18. The second-order valence-corrected chi connectivity index (χ2v) is 9.00. The van der Waals surface area contributed by atoms with E-state index in [1.165, 1.54) is 11.8 Å². The molecule has 3 aromatic heterocycles. The molecule has 0 bridgehead atoms. The van der Waals surface area contributed by atoms with Crippen LogP contribution in [0.1, 0.15) is 11.3 Å². The third-order valence-corrected chi connectivity index (χ3v) is 6.56. The van der Waals surface area contributed by atoms with Crippen LogP contribution in [0.3, 0.4) is 0 Å². The maximum absolute atomic E-state index is 10.4. The smallest absolute Gasteiger partial charge is 0.192 e. The molecule has 4 rings (SSSR count). The molecule has 1 N–H and O–H groups in total. The molecule has 0 spiro atoms. The lowest BCUT2D eigenvalue weighted by Gasteiger charge is -2.14. The molecule has 156 valence electrons. The zero-order chi connectivity index (χ0) is 20.9. The number of furan rings is 1. The number of hydrogen-bond donors (Lipinski definition) is 1. The lowest BCUT2D eigenvalue weighted by atomic mass is 10.2. The average molecular weight is 462 g/mol. The topological polar surface area (TPSA) is 73.3 Å². The number of aromatic nitrogens is 3. The van der Waals surface area contributed by atoms with Gasteiger partial charge in [-0.1, -0.05) is 35.5 Å². The van der Waals surface area contributed by atoms with E-state index in [2.05, 4.69) is 10.2 Å². The summed E-state index contributed by atoms with van der Waals surface area (Å²) in [6, 6.07) is 13.3. The van der Waals surface area contributed by atoms with Crippen LogP contribution < -0.4 is 4.74 Å². The molecule has 0 aliphatic rings. The molecule has 1 aromatic carbocycles. The van der Waals surface area contributed by atoms with Gasteiger partial charge in [-0.05, 0) is 48.2 Å². The molecular weight excluding hydrogens is 442 g/mol. The van der Waals surface area contributed by atoms with Crippen molar-refractivity contribution in [3.8, 4) is 16.5 Å². The second kappa shape index (κ2) is 9.70. The number of thiophene rings is 1. The van der Waals surface area contributed by atoms with Crippen molar-refractivity contribution in [1.29, 1.82) is 0 Å². The van der Waals surface area contributed by atoms with Gasteiger partial charge in [0.25, 0.3) is 0 Å². The van der Waals surface area contributed by atoms with Gasteiger partial charge in [-0.15, -0.1) is 21.5 Å². The maximum Gasteiger partial charge on any atom is 0.192 e. The second-order valence-electron chi connectivity index (χ2n) is 6.66. The van der Waals surface area contributed by atoms with Crippen LogP contribution >= 0.6 is 34.7 Å². The molecule has 0 fully saturated rings. The Morgan fingerprint density at radius 2 is 2.17 bits per heavy atom. The van der Waals surface area contributed by atoms with Gasteiger partial charge in [0, 0.05) is 5.75 Å². The minimum atomic E-state index is -0.689. The first-order chi connectivity index (χ1) is 14.6. The minimum Gasteiger partial charge on any atom is -0.489 e. The molecule has 0 saturated carbocycles. The fourth-order valence-electron chi connectivity index (χ4n) is 2.81. The summed E-state index contributed by atoms with van der Waals surface area (Å²) in [4.78, 5) is 1.03. The lowest BCUT2D eigenvalue weighted by molar-refractivity contribution is 0.126. The number of halogens is 1. The molecule has 4 aromatic rings. The van der Waals surface area contributed by atoms with E-state index < -0.39 is 6.10 Å². The number of rotatable bonds is 9. The highest BCUT2D eigenvalue weighted by Crippen LogP contribution is 2.29. The standard InChI is InChI=1S/C21H20ClN3O3S2/c1-14-6-7-17(22)18(10-14)28-12-15(26)13-30-21-24-23-20(19-5-3-9-29-19)25(21)11-16-4-2-8-27-16/h2-10,15,26H,11-13H2,1H3. The summed E-state index contributed by atoms with van der Waals surface area (Å²) in [7, 11) is 0. The Kier molecular flexibility index (Phi) is 6.79. The van der Waals surface area contributed by atoms with Crippen LogP contribution in [0.15, 0.2) is 63.7 Å². The zero-order valence-electron chi connectivity index (χ0n) is 16.2. The van der Waals surface area contributed by atoms with Crippen LogP contribution in [0.4, 0.5) is 0 Å². The molecule has 6 nitrogen and oxygen atoms in total. The van der Waals surface area contributed by atoms with Gasteiger partial charge < -0.3 is 14.3 Å². The number of aryl methyl sites for hydroxylation is 1. The Labute approximate surface area is 187 Å². The van der Waals surface area contributed by atoms with E-state index in [-0.39, 0.29) is 6.61 Å². The first-order valence-electron chi connectivity index (χ1n) is 9.29. The van der Waals surface area contributed by atoms with E-state index in [1.54, 1.807) is 23.7 Å². The monoisotopic (exact) mass is 461 g/mol. The Morgan fingerprint density at radius 1 is 1.27 bits per heavy atom. The van der Waals surface area contributed by atoms with Gasteiger partial charge in [0.2, 0.25) is 0 Å². The molecule has 0 aliphatic heterocycles. The summed E-state index contributed by atoms with van der Waals surface area (Å²) in [5.41, 5.74) is 1.05. The molecule has 0 aliphatic carbocycles. The highest BCUT2D eigenvalue weighted by molar-refractivity contribution is 7.99. The molecule has 9 heteroatoms. The van der Waals surface area contributed by atoms with Crippen LogP contribution in [0.2, 0.25) is 5.02 Å². The van der Waals surface area contributed by atoms with Crippen LogP contribution in [0.5, 0.6) is 5.75 Å². The Balaban J connectivity index is 1.43. The van der Waals surface area contributed by atoms with Crippen LogP contribution in [-0.2, 0) is 6.54 Å². The van der Waals surface area contributed by atoms with E-state index in [1.807, 2.05) is 53.3 Å². The fraction of sp³-hybridized carbons (Fsp3) is 0.238. The Hall–Kier alpha value is -2.26. The Bertz CT molecular complexity index is 1080. The summed E-state index contributed by atoms with van der Waals surface area (Å²) in [6.07, 6.45) is 0.958. The summed E-state index contributed by atoms with van der Waals surface area (Å²) in [5.74, 6) is 2.57. The maximum atomic E-state index is 10.4. The largest absolute Gasteiger partial charge is 0.489 e. The van der Waals surface area contributed by atoms with Crippen molar-refractivity contribution in [3.63, 3.8) is 0 Å². The number of hydrogen-bond acceptors (Lipinski definition) is 7. The molecule has 0 radical (unpaired) electrons. The van der Waals surface area contributed by atoms with Gasteiger partial charge in [-0.25, -0.2) is 0 Å². The van der Waals surface area contributed by atoms with Crippen molar-refractivity contribution in [3.05, 3.63) is 70.5 Å². The van der Waals surface area contributed by atoms with Crippen molar-refractivity contribution in [2.24, 2.45) is 0 Å². The highest BCUT2D eigenvalue weighted by atomic mass is 35.5. The number of aliphatic hydroxyl groups excluding tert-OH is 1. The highest BCUT2D eigenvalue weighted by Gasteiger charge is 2.18. The SMILES string of the molecule is Cc1ccc(Cl)c(OCC(O)CSc2nnc(-c3cccs3)n2Cc2ccco2)c1. The molecular formula is C21H20ClN3O3S2. The van der Waals surface area contributed by atoms with E-state index in [9.17, 15) is 5.11 Å². The zero-order valence-corrected chi connectivity index (χ0v) is 18.6. The van der Waals surface area contributed by atoms with Gasteiger partial charge >= 0.3 is 0 Å². The van der Waals surface area contributed by atoms with Crippen LogP contribution in [0, 0.1) is 6.92 Å². The third-order valence-electron chi connectivity index (χ3n) is 4.28. The number of thioether (sulfide) groups is 1. The van der Waals surface area contributed by atoms with E-state index in [0.29, 0.717) is 28.2 Å². The minimum absolute atomic E-state index is 0.139. The lowest BCUT2D eigenvalue weighted by Crippen LogP contribution is -2.20. The number of nitrogens with zero attached hydrogens (tertiary/aromatic N) is 3. The quantitative estimate of drug-likeness (QED) is 0.348. The van der Waals surface area contributed by atoms with Gasteiger partial charge in [0.15, 0.2) is 11.0 Å².